The van der Waals surface area contributed by atoms with Crippen molar-refractivity contribution in [3.05, 3.63) is 72.0 Å². The van der Waals surface area contributed by atoms with Crippen LogP contribution in [0, 0.1) is 18.2 Å². The molecule has 0 aromatic heterocycles. The second-order valence-electron chi connectivity index (χ2n) is 9.72. The molecule has 0 spiro atoms. The van der Waals surface area contributed by atoms with Crippen molar-refractivity contribution in [2.24, 2.45) is 5.41 Å². The number of halogens is 3. The van der Waals surface area contributed by atoms with E-state index in [1.165, 1.54) is 50.2 Å². The van der Waals surface area contributed by atoms with Gasteiger partial charge in [0.15, 0.2) is 0 Å². The number of fused-ring (bicyclic) bond motifs is 1. The predicted molar refractivity (Wildman–Crippen MR) is 135 cm³/mol. The van der Waals surface area contributed by atoms with Crippen molar-refractivity contribution in [3.63, 3.8) is 0 Å². The van der Waals surface area contributed by atoms with Crippen LogP contribution in [0.25, 0.3) is 11.1 Å². The van der Waals surface area contributed by atoms with Crippen LogP contribution in [-0.2, 0) is 14.8 Å². The molecule has 3 aromatic carbocycles. The van der Waals surface area contributed by atoms with Gasteiger partial charge in [0.25, 0.3) is 10.0 Å². The van der Waals surface area contributed by atoms with Crippen LogP contribution < -0.4 is 13.8 Å². The Hall–Kier alpha value is -3.73. The SMILES string of the molecule is Cc1cccc(S(=O)(=O)N2C[C@H](CC(C)(C)C(=O)O)Oc3ccc(-c4cc(F)cc(OC(F)F)c4)cc32)c1. The zero-order valence-electron chi connectivity index (χ0n) is 20.8. The van der Waals surface area contributed by atoms with E-state index in [1.54, 1.807) is 19.1 Å². The number of benzene rings is 3. The lowest BCUT2D eigenvalue weighted by Gasteiger charge is -2.38. The summed E-state index contributed by atoms with van der Waals surface area (Å²) in [5.74, 6) is -2.07. The van der Waals surface area contributed by atoms with Gasteiger partial charge in [-0.15, -0.1) is 0 Å². The van der Waals surface area contributed by atoms with Crippen LogP contribution in [0.1, 0.15) is 25.8 Å². The highest BCUT2D eigenvalue weighted by Gasteiger charge is 2.39. The second-order valence-corrected chi connectivity index (χ2v) is 11.6. The van der Waals surface area contributed by atoms with Gasteiger partial charge in [-0.05, 0) is 73.9 Å². The number of aryl methyl sites for hydroxylation is 1. The lowest BCUT2D eigenvalue weighted by Crippen LogP contribution is -2.46. The van der Waals surface area contributed by atoms with Crippen molar-refractivity contribution in [2.75, 3.05) is 10.8 Å². The molecule has 0 radical (unpaired) electrons. The van der Waals surface area contributed by atoms with E-state index in [2.05, 4.69) is 4.74 Å². The lowest BCUT2D eigenvalue weighted by molar-refractivity contribution is -0.148. The first-order valence-electron chi connectivity index (χ1n) is 11.7. The first-order valence-corrected chi connectivity index (χ1v) is 13.1. The summed E-state index contributed by atoms with van der Waals surface area (Å²) < 4.78 is 78.8. The third kappa shape index (κ3) is 5.72. The Morgan fingerprint density at radius 2 is 1.87 bits per heavy atom. The Kier molecular flexibility index (Phi) is 7.33. The zero-order chi connectivity index (χ0) is 27.8. The van der Waals surface area contributed by atoms with Crippen molar-refractivity contribution in [1.82, 2.24) is 0 Å². The number of hydrogen-bond acceptors (Lipinski definition) is 5. The van der Waals surface area contributed by atoms with Gasteiger partial charge in [0, 0.05) is 12.5 Å². The van der Waals surface area contributed by atoms with E-state index in [1.807, 2.05) is 0 Å². The molecule has 38 heavy (non-hydrogen) atoms. The van der Waals surface area contributed by atoms with Gasteiger partial charge < -0.3 is 14.6 Å². The Morgan fingerprint density at radius 3 is 2.53 bits per heavy atom. The topological polar surface area (TPSA) is 93.1 Å². The predicted octanol–water partition coefficient (Wildman–Crippen LogP) is 5.86. The molecule has 202 valence electrons. The number of anilines is 1. The molecule has 7 nitrogen and oxygen atoms in total. The monoisotopic (exact) mass is 549 g/mol. The average Bonchev–Trinajstić information content (AvgIpc) is 2.82. The molecule has 0 saturated heterocycles. The van der Waals surface area contributed by atoms with Crippen LogP contribution in [0.3, 0.4) is 0 Å². The molecule has 0 amide bonds. The zero-order valence-corrected chi connectivity index (χ0v) is 21.6. The number of rotatable bonds is 8. The van der Waals surface area contributed by atoms with Gasteiger partial charge in [-0.25, -0.2) is 12.8 Å². The number of carbonyl (C=O) groups is 1. The van der Waals surface area contributed by atoms with Gasteiger partial charge in [-0.2, -0.15) is 8.78 Å². The van der Waals surface area contributed by atoms with Gasteiger partial charge in [-0.1, -0.05) is 18.2 Å². The molecule has 1 aliphatic heterocycles. The Morgan fingerprint density at radius 1 is 1.13 bits per heavy atom. The van der Waals surface area contributed by atoms with E-state index in [4.69, 9.17) is 4.74 Å². The van der Waals surface area contributed by atoms with Crippen molar-refractivity contribution in [1.29, 1.82) is 0 Å². The molecule has 1 atom stereocenters. The summed E-state index contributed by atoms with van der Waals surface area (Å²) in [7, 11) is -4.13. The van der Waals surface area contributed by atoms with E-state index < -0.39 is 39.9 Å². The van der Waals surface area contributed by atoms with Crippen LogP contribution in [0.15, 0.2) is 65.6 Å². The quantitative estimate of drug-likeness (QED) is 0.378. The molecule has 0 fully saturated rings. The third-order valence-electron chi connectivity index (χ3n) is 6.21. The van der Waals surface area contributed by atoms with Crippen molar-refractivity contribution >= 4 is 21.7 Å². The fourth-order valence-corrected chi connectivity index (χ4v) is 5.89. The number of carboxylic acid groups (broad SMARTS) is 1. The Balaban J connectivity index is 1.82. The Bertz CT molecular complexity index is 1480. The van der Waals surface area contributed by atoms with Crippen molar-refractivity contribution in [3.8, 4) is 22.6 Å². The van der Waals surface area contributed by atoms with Crippen molar-refractivity contribution in [2.45, 2.75) is 44.8 Å². The number of ether oxygens (including phenoxy) is 2. The van der Waals surface area contributed by atoms with Gasteiger partial charge in [-0.3, -0.25) is 9.10 Å². The van der Waals surface area contributed by atoms with E-state index >= 15 is 0 Å². The standard InChI is InChI=1S/C27H26F3NO6S/c1-16-5-4-6-22(9-16)38(34,35)31-15-21(14-27(2,3)25(32)33)36-24-8-7-17(12-23(24)31)18-10-19(28)13-20(11-18)37-26(29)30/h4-13,21,26H,14-15H2,1-3H3,(H,32,33)/t21-/m0/s1. The first kappa shape index (κ1) is 27.3. The smallest absolute Gasteiger partial charge is 0.387 e. The minimum Gasteiger partial charge on any atom is -0.486 e. The largest absolute Gasteiger partial charge is 0.486 e. The maximum Gasteiger partial charge on any atom is 0.387 e. The van der Waals surface area contributed by atoms with Gasteiger partial charge in [0.05, 0.1) is 22.5 Å². The molecule has 0 aliphatic carbocycles. The molecule has 1 N–H and O–H groups in total. The van der Waals surface area contributed by atoms with E-state index in [0.29, 0.717) is 5.56 Å². The maximum atomic E-state index is 14.2. The van der Waals surface area contributed by atoms with Crippen LogP contribution >= 0.6 is 0 Å². The summed E-state index contributed by atoms with van der Waals surface area (Å²) in [6, 6.07) is 14.0. The molecular formula is C27H26F3NO6S. The minimum absolute atomic E-state index is 0.0294. The molecule has 0 unspecified atom stereocenters. The number of hydrogen-bond donors (Lipinski definition) is 1. The molecule has 3 aromatic rings. The third-order valence-corrected chi connectivity index (χ3v) is 7.99. The lowest BCUT2D eigenvalue weighted by atomic mass is 9.86. The molecule has 11 heteroatoms. The fraction of sp³-hybridized carbons (Fsp3) is 0.296. The summed E-state index contributed by atoms with van der Waals surface area (Å²) in [6.45, 7) is 1.49. The summed E-state index contributed by atoms with van der Waals surface area (Å²) in [6.07, 6.45) is -0.749. The first-order chi connectivity index (χ1) is 17.8. The van der Waals surface area contributed by atoms with Crippen LogP contribution in [-0.4, -0.2) is 38.8 Å². The van der Waals surface area contributed by atoms with Crippen molar-refractivity contribution < 1.29 is 41.0 Å². The van der Waals surface area contributed by atoms with Crippen LogP contribution in [0.5, 0.6) is 11.5 Å². The number of carboxylic acids is 1. The summed E-state index contributed by atoms with van der Waals surface area (Å²) in [4.78, 5) is 11.8. The molecule has 0 saturated carbocycles. The van der Waals surface area contributed by atoms with Gasteiger partial charge in [0.2, 0.25) is 0 Å². The van der Waals surface area contributed by atoms with Gasteiger partial charge in [0.1, 0.15) is 23.4 Å². The second kappa shape index (κ2) is 10.2. The highest BCUT2D eigenvalue weighted by Crippen LogP contribution is 2.42. The van der Waals surface area contributed by atoms with Gasteiger partial charge >= 0.3 is 12.6 Å². The van der Waals surface area contributed by atoms with Crippen LogP contribution in [0.4, 0.5) is 18.9 Å². The highest BCUT2D eigenvalue weighted by molar-refractivity contribution is 7.92. The maximum absolute atomic E-state index is 14.2. The number of nitrogens with zero attached hydrogens (tertiary/aromatic N) is 1. The van der Waals surface area contributed by atoms with E-state index in [9.17, 15) is 31.5 Å². The molecule has 1 heterocycles. The summed E-state index contributed by atoms with van der Waals surface area (Å²) >= 11 is 0. The molecular weight excluding hydrogens is 523 g/mol. The van der Waals surface area contributed by atoms with E-state index in [0.717, 1.165) is 22.0 Å². The molecule has 4 rings (SSSR count). The van der Waals surface area contributed by atoms with E-state index in [-0.39, 0.29) is 40.6 Å². The number of aliphatic carboxylic acids is 1. The summed E-state index contributed by atoms with van der Waals surface area (Å²) in [5, 5.41) is 9.59. The normalized spacial score (nSPS) is 15.7. The van der Waals surface area contributed by atoms with Crippen LogP contribution in [0.2, 0.25) is 0 Å². The molecule has 0 bridgehead atoms. The highest BCUT2D eigenvalue weighted by atomic mass is 32.2. The average molecular weight is 550 g/mol. The fourth-order valence-electron chi connectivity index (χ4n) is 4.29. The Labute approximate surface area is 218 Å². The molecule has 1 aliphatic rings. The number of alkyl halides is 2. The number of sulfonamides is 1. The minimum atomic E-state index is -4.13. The summed E-state index contributed by atoms with van der Waals surface area (Å²) in [5.41, 5.74) is 0.200.